The third kappa shape index (κ3) is 2.54. The second kappa shape index (κ2) is 5.09. The maximum Gasteiger partial charge on any atom is 0.230 e. The lowest BCUT2D eigenvalue weighted by Crippen LogP contribution is -2.06. The van der Waals surface area contributed by atoms with E-state index in [-0.39, 0.29) is 0 Å². The van der Waals surface area contributed by atoms with Crippen molar-refractivity contribution in [3.8, 4) is 0 Å². The Morgan fingerprint density at radius 1 is 0.714 bits per heavy atom. The van der Waals surface area contributed by atoms with Crippen LogP contribution in [-0.4, -0.2) is 19.9 Å². The van der Waals surface area contributed by atoms with Crippen molar-refractivity contribution in [1.29, 1.82) is 0 Å². The zero-order valence-corrected chi connectivity index (χ0v) is 12.6. The normalized spacial score (nSPS) is 10.9. The first kappa shape index (κ1) is 13.4. The Kier molecular flexibility index (Phi) is 3.25. The first-order chi connectivity index (χ1) is 10.0. The Balaban J connectivity index is 2.02. The van der Waals surface area contributed by atoms with E-state index in [0.29, 0.717) is 11.9 Å². The molecule has 0 radical (unpaired) electrons. The first-order valence-electron chi connectivity index (χ1n) is 6.87. The van der Waals surface area contributed by atoms with Crippen LogP contribution in [0.5, 0.6) is 0 Å². The SMILES string of the molecule is Cc1nc(Nc2nc(C)c3ccccc3n2)nc(C)c1C. The summed E-state index contributed by atoms with van der Waals surface area (Å²) < 4.78 is 0. The zero-order chi connectivity index (χ0) is 15.0. The van der Waals surface area contributed by atoms with Crippen molar-refractivity contribution in [3.05, 3.63) is 46.9 Å². The molecular weight excluding hydrogens is 262 g/mol. The Morgan fingerprint density at radius 2 is 1.29 bits per heavy atom. The fourth-order valence-electron chi connectivity index (χ4n) is 2.22. The second-order valence-corrected chi connectivity index (χ2v) is 5.12. The van der Waals surface area contributed by atoms with Crippen LogP contribution in [0.3, 0.4) is 0 Å². The van der Waals surface area contributed by atoms with E-state index in [1.807, 2.05) is 52.0 Å². The van der Waals surface area contributed by atoms with Crippen LogP contribution in [0.1, 0.15) is 22.6 Å². The van der Waals surface area contributed by atoms with Crippen LogP contribution in [0.4, 0.5) is 11.9 Å². The Morgan fingerprint density at radius 3 is 2.00 bits per heavy atom. The number of hydrogen-bond donors (Lipinski definition) is 1. The van der Waals surface area contributed by atoms with E-state index in [1.54, 1.807) is 0 Å². The summed E-state index contributed by atoms with van der Waals surface area (Å²) in [6.45, 7) is 7.94. The van der Waals surface area contributed by atoms with Crippen LogP contribution in [-0.2, 0) is 0 Å². The molecule has 3 aromatic rings. The van der Waals surface area contributed by atoms with Gasteiger partial charge in [0, 0.05) is 16.8 Å². The Hall–Kier alpha value is -2.56. The van der Waals surface area contributed by atoms with Crippen LogP contribution in [0.25, 0.3) is 10.9 Å². The van der Waals surface area contributed by atoms with Crippen molar-refractivity contribution in [3.63, 3.8) is 0 Å². The quantitative estimate of drug-likeness (QED) is 0.779. The number of benzene rings is 1. The van der Waals surface area contributed by atoms with Gasteiger partial charge in [-0.05, 0) is 39.3 Å². The van der Waals surface area contributed by atoms with E-state index in [2.05, 4.69) is 25.3 Å². The van der Waals surface area contributed by atoms with Crippen molar-refractivity contribution >= 4 is 22.8 Å². The number of hydrogen-bond acceptors (Lipinski definition) is 5. The van der Waals surface area contributed by atoms with E-state index < -0.39 is 0 Å². The molecule has 0 bridgehead atoms. The average molecular weight is 279 g/mol. The van der Waals surface area contributed by atoms with Crippen LogP contribution in [0.15, 0.2) is 24.3 Å². The predicted molar refractivity (Wildman–Crippen MR) is 83.8 cm³/mol. The van der Waals surface area contributed by atoms with Gasteiger partial charge in [-0.1, -0.05) is 18.2 Å². The van der Waals surface area contributed by atoms with E-state index in [9.17, 15) is 0 Å². The van der Waals surface area contributed by atoms with Crippen molar-refractivity contribution in [1.82, 2.24) is 19.9 Å². The number of para-hydroxylation sites is 1. The minimum absolute atomic E-state index is 0.522. The van der Waals surface area contributed by atoms with Crippen molar-refractivity contribution in [2.24, 2.45) is 0 Å². The minimum atomic E-state index is 0.522. The molecule has 0 unspecified atom stereocenters. The maximum absolute atomic E-state index is 4.51. The predicted octanol–water partition coefficient (Wildman–Crippen LogP) is 3.40. The molecule has 0 aliphatic rings. The number of nitrogens with one attached hydrogen (secondary N) is 1. The van der Waals surface area contributed by atoms with Crippen molar-refractivity contribution in [2.45, 2.75) is 27.7 Å². The standard InChI is InChI=1S/C16H17N5/c1-9-10(2)17-15(18-11(9)3)21-16-19-12(4)13-7-5-6-8-14(13)20-16/h5-8H,1-4H3,(H,17,18,19,20,21). The van der Waals surface area contributed by atoms with Gasteiger partial charge in [0.1, 0.15) is 0 Å². The summed E-state index contributed by atoms with van der Waals surface area (Å²) in [7, 11) is 0. The lowest BCUT2D eigenvalue weighted by atomic mass is 10.2. The Labute approximate surface area is 123 Å². The third-order valence-corrected chi connectivity index (χ3v) is 3.65. The summed E-state index contributed by atoms with van der Waals surface area (Å²) in [5, 5.41) is 4.16. The number of anilines is 2. The molecule has 0 fully saturated rings. The van der Waals surface area contributed by atoms with E-state index in [0.717, 1.165) is 33.5 Å². The Bertz CT molecular complexity index is 803. The van der Waals surface area contributed by atoms with Crippen LogP contribution < -0.4 is 5.32 Å². The van der Waals surface area contributed by atoms with Gasteiger partial charge >= 0.3 is 0 Å². The summed E-state index contributed by atoms with van der Waals surface area (Å²) in [4.78, 5) is 17.9. The molecule has 1 N–H and O–H groups in total. The smallest absolute Gasteiger partial charge is 0.230 e. The highest BCUT2D eigenvalue weighted by molar-refractivity contribution is 5.81. The highest BCUT2D eigenvalue weighted by Crippen LogP contribution is 2.19. The minimum Gasteiger partial charge on any atom is -0.293 e. The maximum atomic E-state index is 4.51. The molecule has 0 saturated heterocycles. The number of aryl methyl sites for hydroxylation is 3. The molecule has 5 heteroatoms. The van der Waals surface area contributed by atoms with Gasteiger partial charge in [-0.2, -0.15) is 0 Å². The van der Waals surface area contributed by atoms with Gasteiger partial charge in [0.2, 0.25) is 11.9 Å². The van der Waals surface area contributed by atoms with Crippen LogP contribution in [0, 0.1) is 27.7 Å². The largest absolute Gasteiger partial charge is 0.293 e. The molecule has 106 valence electrons. The van der Waals surface area contributed by atoms with Gasteiger partial charge in [0.05, 0.1) is 11.2 Å². The number of nitrogens with zero attached hydrogens (tertiary/aromatic N) is 4. The zero-order valence-electron chi connectivity index (χ0n) is 12.6. The van der Waals surface area contributed by atoms with Crippen molar-refractivity contribution in [2.75, 3.05) is 5.32 Å². The molecule has 2 heterocycles. The number of aromatic nitrogens is 4. The number of fused-ring (bicyclic) bond motifs is 1. The lowest BCUT2D eigenvalue weighted by molar-refractivity contribution is 1.01. The molecule has 2 aromatic heterocycles. The summed E-state index contributed by atoms with van der Waals surface area (Å²) in [6.07, 6.45) is 0. The van der Waals surface area contributed by atoms with Gasteiger partial charge in [-0.3, -0.25) is 5.32 Å². The lowest BCUT2D eigenvalue weighted by Gasteiger charge is -2.09. The summed E-state index contributed by atoms with van der Waals surface area (Å²) >= 11 is 0. The van der Waals surface area contributed by atoms with Gasteiger partial charge in [0.15, 0.2) is 0 Å². The third-order valence-electron chi connectivity index (χ3n) is 3.65. The first-order valence-corrected chi connectivity index (χ1v) is 6.87. The summed E-state index contributed by atoms with van der Waals surface area (Å²) in [5.41, 5.74) is 4.87. The van der Waals surface area contributed by atoms with E-state index in [4.69, 9.17) is 0 Å². The van der Waals surface area contributed by atoms with Gasteiger partial charge < -0.3 is 0 Å². The molecule has 5 nitrogen and oxygen atoms in total. The molecule has 21 heavy (non-hydrogen) atoms. The molecule has 0 aliphatic carbocycles. The molecule has 1 aromatic carbocycles. The summed E-state index contributed by atoms with van der Waals surface area (Å²) in [5.74, 6) is 1.05. The van der Waals surface area contributed by atoms with Crippen LogP contribution >= 0.6 is 0 Å². The second-order valence-electron chi connectivity index (χ2n) is 5.12. The molecule has 0 saturated carbocycles. The van der Waals surface area contributed by atoms with Gasteiger partial charge in [-0.25, -0.2) is 19.9 Å². The van der Waals surface area contributed by atoms with Crippen molar-refractivity contribution < 1.29 is 0 Å². The summed E-state index contributed by atoms with van der Waals surface area (Å²) in [6, 6.07) is 7.95. The fraction of sp³-hybridized carbons (Fsp3) is 0.250. The van der Waals surface area contributed by atoms with Gasteiger partial charge in [-0.15, -0.1) is 0 Å². The molecule has 0 aliphatic heterocycles. The molecule has 0 amide bonds. The fourth-order valence-corrected chi connectivity index (χ4v) is 2.22. The number of rotatable bonds is 2. The monoisotopic (exact) mass is 279 g/mol. The molecule has 3 rings (SSSR count). The van der Waals surface area contributed by atoms with Crippen LogP contribution in [0.2, 0.25) is 0 Å². The molecule has 0 atom stereocenters. The van der Waals surface area contributed by atoms with E-state index >= 15 is 0 Å². The highest BCUT2D eigenvalue weighted by Gasteiger charge is 2.08. The highest BCUT2D eigenvalue weighted by atomic mass is 15.2. The van der Waals surface area contributed by atoms with Gasteiger partial charge in [0.25, 0.3) is 0 Å². The van der Waals surface area contributed by atoms with E-state index in [1.165, 1.54) is 0 Å². The average Bonchev–Trinajstić information content (AvgIpc) is 2.45. The molecular formula is C16H17N5. The molecule has 0 spiro atoms. The topological polar surface area (TPSA) is 63.6 Å².